The number of halogens is 4. The number of carbonyl (C=O) groups excluding carboxylic acids is 2. The Bertz CT molecular complexity index is 984. The minimum Gasteiger partial charge on any atom is -0.444 e. The molecule has 2 aromatic rings. The van der Waals surface area contributed by atoms with Crippen LogP contribution >= 0.6 is 11.6 Å². The van der Waals surface area contributed by atoms with Gasteiger partial charge in [-0.05, 0) is 33.3 Å². The van der Waals surface area contributed by atoms with E-state index in [4.69, 9.17) is 16.3 Å². The zero-order valence-electron chi connectivity index (χ0n) is 17.5. The Balaban J connectivity index is 1.67. The van der Waals surface area contributed by atoms with E-state index in [1.54, 1.807) is 30.6 Å². The van der Waals surface area contributed by atoms with Crippen LogP contribution in [0.25, 0.3) is 5.65 Å². The molecule has 0 saturated carbocycles. The van der Waals surface area contributed by atoms with E-state index in [0.29, 0.717) is 38.3 Å². The molecule has 1 aliphatic heterocycles. The summed E-state index contributed by atoms with van der Waals surface area (Å²) in [4.78, 5) is 32.4. The van der Waals surface area contributed by atoms with Gasteiger partial charge in [-0.15, -0.1) is 0 Å². The molecule has 7 nitrogen and oxygen atoms in total. The summed E-state index contributed by atoms with van der Waals surface area (Å²) in [5.41, 5.74) is -1.02. The first-order valence-electron chi connectivity index (χ1n) is 9.83. The Kier molecular flexibility index (Phi) is 6.40. The van der Waals surface area contributed by atoms with Gasteiger partial charge in [-0.1, -0.05) is 11.6 Å². The number of nitrogens with zero attached hydrogens (tertiary/aromatic N) is 4. The Labute approximate surface area is 182 Å². The third kappa shape index (κ3) is 5.81. The number of ether oxygens (including phenoxy) is 1. The van der Waals surface area contributed by atoms with Crippen molar-refractivity contribution >= 4 is 29.2 Å². The quantitative estimate of drug-likeness (QED) is 0.679. The highest BCUT2D eigenvalue weighted by Crippen LogP contribution is 2.32. The summed E-state index contributed by atoms with van der Waals surface area (Å²) in [6, 6.07) is 0.815. The van der Waals surface area contributed by atoms with Gasteiger partial charge in [0.2, 0.25) is 5.91 Å². The van der Waals surface area contributed by atoms with Crippen molar-refractivity contribution in [2.75, 3.05) is 26.2 Å². The molecule has 1 aliphatic rings. The molecule has 1 saturated heterocycles. The van der Waals surface area contributed by atoms with Gasteiger partial charge in [0.25, 0.3) is 0 Å². The highest BCUT2D eigenvalue weighted by atomic mass is 35.5. The van der Waals surface area contributed by atoms with E-state index in [0.717, 1.165) is 12.3 Å². The second-order valence-electron chi connectivity index (χ2n) is 8.42. The summed E-state index contributed by atoms with van der Waals surface area (Å²) in [5, 5.41) is -0.142. The number of carbonyl (C=O) groups is 2. The van der Waals surface area contributed by atoms with Crippen molar-refractivity contribution in [3.63, 3.8) is 0 Å². The van der Waals surface area contributed by atoms with Crippen LogP contribution in [0.15, 0.2) is 18.5 Å². The molecule has 11 heteroatoms. The number of aromatic nitrogens is 2. The van der Waals surface area contributed by atoms with E-state index < -0.39 is 23.4 Å². The molecule has 3 rings (SSSR count). The highest BCUT2D eigenvalue weighted by molar-refractivity contribution is 6.33. The van der Waals surface area contributed by atoms with Gasteiger partial charge in [0, 0.05) is 38.6 Å². The van der Waals surface area contributed by atoms with Crippen LogP contribution in [-0.2, 0) is 22.1 Å². The van der Waals surface area contributed by atoms with Crippen molar-refractivity contribution < 1.29 is 27.5 Å². The lowest BCUT2D eigenvalue weighted by Crippen LogP contribution is -2.40. The van der Waals surface area contributed by atoms with Crippen LogP contribution in [0, 0.1) is 0 Å². The molecule has 0 spiro atoms. The molecule has 170 valence electrons. The van der Waals surface area contributed by atoms with Crippen molar-refractivity contribution in [1.29, 1.82) is 0 Å². The fourth-order valence-electron chi connectivity index (χ4n) is 3.29. The Morgan fingerprint density at radius 1 is 1.10 bits per heavy atom. The molecule has 31 heavy (non-hydrogen) atoms. The standard InChI is InChI=1S/C20H24ClF3N4O3/c1-19(2,3)31-18(30)27-6-4-5-26(7-8-27)16(29)10-14-12-28-11-13(20(22,23)24)9-15(21)17(28)25-14/h9,11-12H,4-8,10H2,1-3H3. The Morgan fingerprint density at radius 2 is 1.74 bits per heavy atom. The zero-order valence-corrected chi connectivity index (χ0v) is 18.3. The normalized spacial score (nSPS) is 15.8. The predicted molar refractivity (Wildman–Crippen MR) is 108 cm³/mol. The maximum atomic E-state index is 13.0. The summed E-state index contributed by atoms with van der Waals surface area (Å²) >= 11 is 5.95. The topological polar surface area (TPSA) is 67.2 Å². The Hall–Kier alpha value is -2.49. The number of imidazole rings is 1. The van der Waals surface area contributed by atoms with Crippen LogP contribution < -0.4 is 0 Å². The summed E-state index contributed by atoms with van der Waals surface area (Å²) in [6.45, 7) is 6.98. The first-order chi connectivity index (χ1) is 14.3. The molecule has 0 unspecified atom stereocenters. The van der Waals surface area contributed by atoms with Crippen LogP contribution in [0.4, 0.5) is 18.0 Å². The molecule has 2 aromatic heterocycles. The van der Waals surface area contributed by atoms with Gasteiger partial charge in [-0.2, -0.15) is 13.2 Å². The van der Waals surface area contributed by atoms with Gasteiger partial charge in [0.05, 0.1) is 22.7 Å². The number of alkyl halides is 3. The maximum Gasteiger partial charge on any atom is 0.417 e. The van der Waals surface area contributed by atoms with Crippen LogP contribution in [-0.4, -0.2) is 63.0 Å². The molecular formula is C20H24ClF3N4O3. The second kappa shape index (κ2) is 8.57. The van der Waals surface area contributed by atoms with Gasteiger partial charge in [0.15, 0.2) is 5.65 Å². The minimum absolute atomic E-state index is 0.0776. The molecule has 0 aliphatic carbocycles. The molecular weight excluding hydrogens is 437 g/mol. The highest BCUT2D eigenvalue weighted by Gasteiger charge is 2.32. The third-order valence-corrected chi connectivity index (χ3v) is 4.99. The lowest BCUT2D eigenvalue weighted by atomic mass is 10.2. The van der Waals surface area contributed by atoms with E-state index in [2.05, 4.69) is 4.98 Å². The van der Waals surface area contributed by atoms with E-state index in [-0.39, 0.29) is 23.0 Å². The number of hydrogen-bond acceptors (Lipinski definition) is 4. The third-order valence-electron chi connectivity index (χ3n) is 4.72. The predicted octanol–water partition coefficient (Wildman–Crippen LogP) is 4.02. The average molecular weight is 461 g/mol. The van der Waals surface area contributed by atoms with Crippen molar-refractivity contribution in [1.82, 2.24) is 19.2 Å². The lowest BCUT2D eigenvalue weighted by molar-refractivity contribution is -0.138. The van der Waals surface area contributed by atoms with Crippen molar-refractivity contribution in [3.05, 3.63) is 34.7 Å². The molecule has 3 heterocycles. The largest absolute Gasteiger partial charge is 0.444 e. The molecule has 0 aromatic carbocycles. The fraction of sp³-hybridized carbons (Fsp3) is 0.550. The first kappa shape index (κ1) is 23.2. The second-order valence-corrected chi connectivity index (χ2v) is 8.82. The van der Waals surface area contributed by atoms with E-state index in [1.165, 1.54) is 10.6 Å². The molecule has 0 radical (unpaired) electrons. The van der Waals surface area contributed by atoms with Crippen LogP contribution in [0.3, 0.4) is 0 Å². The minimum atomic E-state index is -4.54. The van der Waals surface area contributed by atoms with E-state index >= 15 is 0 Å². The number of fused-ring (bicyclic) bond motifs is 1. The SMILES string of the molecule is CC(C)(C)OC(=O)N1CCCN(C(=O)Cc2cn3cc(C(F)(F)F)cc(Cl)c3n2)CC1. The van der Waals surface area contributed by atoms with Crippen LogP contribution in [0.5, 0.6) is 0 Å². The zero-order chi connectivity index (χ0) is 23.0. The number of rotatable bonds is 2. The van der Waals surface area contributed by atoms with Gasteiger partial charge >= 0.3 is 12.3 Å². The van der Waals surface area contributed by atoms with Gasteiger partial charge in [-0.25, -0.2) is 9.78 Å². The molecule has 0 N–H and O–H groups in total. The van der Waals surface area contributed by atoms with Crippen LogP contribution in [0.1, 0.15) is 38.4 Å². The molecule has 0 atom stereocenters. The van der Waals surface area contributed by atoms with Crippen molar-refractivity contribution in [2.24, 2.45) is 0 Å². The maximum absolute atomic E-state index is 13.0. The first-order valence-corrected chi connectivity index (χ1v) is 10.2. The number of hydrogen-bond donors (Lipinski definition) is 0. The summed E-state index contributed by atoms with van der Waals surface area (Å²) in [6.07, 6.45) is -2.17. The molecule has 2 amide bonds. The molecule has 0 bridgehead atoms. The van der Waals surface area contributed by atoms with Gasteiger partial charge in [0.1, 0.15) is 5.60 Å². The Morgan fingerprint density at radius 3 is 2.39 bits per heavy atom. The van der Waals surface area contributed by atoms with Gasteiger partial charge in [-0.3, -0.25) is 4.79 Å². The monoisotopic (exact) mass is 460 g/mol. The average Bonchev–Trinajstić information content (AvgIpc) is 2.87. The summed E-state index contributed by atoms with van der Waals surface area (Å²) in [7, 11) is 0. The number of amides is 2. The van der Waals surface area contributed by atoms with Crippen LogP contribution in [0.2, 0.25) is 5.02 Å². The smallest absolute Gasteiger partial charge is 0.417 e. The summed E-state index contributed by atoms with van der Waals surface area (Å²) < 4.78 is 45.5. The van der Waals surface area contributed by atoms with Gasteiger partial charge < -0.3 is 18.9 Å². The van der Waals surface area contributed by atoms with E-state index in [9.17, 15) is 22.8 Å². The fourth-order valence-corrected chi connectivity index (χ4v) is 3.55. The number of pyridine rings is 1. The van der Waals surface area contributed by atoms with Crippen molar-refractivity contribution in [3.8, 4) is 0 Å². The van der Waals surface area contributed by atoms with E-state index in [1.807, 2.05) is 0 Å². The summed E-state index contributed by atoms with van der Waals surface area (Å²) in [5.74, 6) is -0.221. The van der Waals surface area contributed by atoms with Crippen molar-refractivity contribution in [2.45, 2.75) is 45.4 Å². The molecule has 1 fully saturated rings. The lowest BCUT2D eigenvalue weighted by Gasteiger charge is -2.26.